The minimum atomic E-state index is -1.97. The molecule has 0 saturated heterocycles. The molecule has 0 aromatic heterocycles. The molecule has 3 unspecified atom stereocenters. The normalized spacial score (nSPS) is 16.0. The summed E-state index contributed by atoms with van der Waals surface area (Å²) in [6, 6.07) is 0. The number of carboxylic acid groups (broad SMARTS) is 1. The molecule has 0 radical (unpaired) electrons. The summed E-state index contributed by atoms with van der Waals surface area (Å²) in [7, 11) is 0. The molecule has 4 N–H and O–H groups in total. The van der Waals surface area contributed by atoms with E-state index >= 15 is 0 Å². The second-order valence-corrected chi connectivity index (χ2v) is 8.14. The van der Waals surface area contributed by atoms with Crippen LogP contribution in [0, 0.1) is 0 Å². The van der Waals surface area contributed by atoms with E-state index in [-0.39, 0.29) is 0 Å². The molecule has 27 heavy (non-hydrogen) atoms. The van der Waals surface area contributed by atoms with Crippen LogP contribution in [0.15, 0.2) is 0 Å². The molecule has 0 aromatic carbocycles. The highest BCUT2D eigenvalue weighted by atomic mass is 16.4. The van der Waals surface area contributed by atoms with E-state index in [0.717, 1.165) is 19.3 Å². The van der Waals surface area contributed by atoms with Gasteiger partial charge in [0.2, 0.25) is 0 Å². The predicted molar refractivity (Wildman–Crippen MR) is 110 cm³/mol. The van der Waals surface area contributed by atoms with Crippen molar-refractivity contribution in [3.63, 3.8) is 0 Å². The summed E-state index contributed by atoms with van der Waals surface area (Å²) in [5.74, 6) is -1.22. The van der Waals surface area contributed by atoms with E-state index < -0.39 is 30.2 Å². The summed E-state index contributed by atoms with van der Waals surface area (Å²) >= 11 is 0. The minimum Gasteiger partial charge on any atom is -0.481 e. The summed E-state index contributed by atoms with van der Waals surface area (Å²) < 4.78 is 0. The zero-order valence-corrected chi connectivity index (χ0v) is 17.7. The second kappa shape index (κ2) is 16.3. The first-order valence-corrected chi connectivity index (χ1v) is 11.1. The van der Waals surface area contributed by atoms with Crippen molar-refractivity contribution >= 4 is 5.97 Å². The number of aliphatic hydroxyl groups excluding tert-OH is 2. The minimum absolute atomic E-state index is 0.312. The van der Waals surface area contributed by atoms with Crippen LogP contribution in [0.5, 0.6) is 0 Å². The highest BCUT2D eigenvalue weighted by Gasteiger charge is 2.42. The van der Waals surface area contributed by atoms with E-state index in [1.807, 2.05) is 0 Å². The zero-order chi connectivity index (χ0) is 20.5. The van der Waals surface area contributed by atoms with Gasteiger partial charge in [-0.25, -0.2) is 0 Å². The number of carboxylic acids is 1. The van der Waals surface area contributed by atoms with E-state index in [2.05, 4.69) is 6.92 Å². The van der Waals surface area contributed by atoms with Gasteiger partial charge in [0.15, 0.2) is 0 Å². The number of carbonyl (C=O) groups is 1. The van der Waals surface area contributed by atoms with Crippen molar-refractivity contribution in [3.8, 4) is 0 Å². The van der Waals surface area contributed by atoms with E-state index in [1.165, 1.54) is 77.6 Å². The molecule has 0 saturated carbocycles. The van der Waals surface area contributed by atoms with E-state index in [1.54, 1.807) is 0 Å². The highest BCUT2D eigenvalue weighted by Crippen LogP contribution is 2.25. The number of unbranched alkanes of at least 4 members (excludes halogenated alkanes) is 13. The Morgan fingerprint density at radius 3 is 1.48 bits per heavy atom. The second-order valence-electron chi connectivity index (χ2n) is 8.14. The van der Waals surface area contributed by atoms with Gasteiger partial charge in [-0.2, -0.15) is 0 Å². The van der Waals surface area contributed by atoms with Crippen LogP contribution in [0.25, 0.3) is 0 Å². The fraction of sp³-hybridized carbons (Fsp3) is 0.955. The molecule has 0 aliphatic rings. The molecule has 5 nitrogen and oxygen atoms in total. The third-order valence-corrected chi connectivity index (χ3v) is 5.57. The zero-order valence-electron chi connectivity index (χ0n) is 17.7. The lowest BCUT2D eigenvalue weighted by Crippen LogP contribution is -2.52. The van der Waals surface area contributed by atoms with Crippen LogP contribution in [0.2, 0.25) is 0 Å². The van der Waals surface area contributed by atoms with Crippen LogP contribution in [0.3, 0.4) is 0 Å². The van der Waals surface area contributed by atoms with Crippen LogP contribution in [-0.2, 0) is 4.79 Å². The van der Waals surface area contributed by atoms with E-state index in [9.17, 15) is 20.1 Å². The molecule has 3 atom stereocenters. The maximum atomic E-state index is 10.8. The molecule has 0 aliphatic heterocycles. The third-order valence-electron chi connectivity index (χ3n) is 5.57. The van der Waals surface area contributed by atoms with Crippen LogP contribution in [0.4, 0.5) is 0 Å². The van der Waals surface area contributed by atoms with Crippen molar-refractivity contribution in [2.24, 2.45) is 0 Å². The summed E-state index contributed by atoms with van der Waals surface area (Å²) in [6.07, 6.45) is 14.5. The van der Waals surface area contributed by atoms with Crippen LogP contribution < -0.4 is 0 Å². The first-order valence-electron chi connectivity index (χ1n) is 11.1. The Kier molecular flexibility index (Phi) is 15.9. The molecule has 0 amide bonds. The monoisotopic (exact) mass is 388 g/mol. The quantitative estimate of drug-likeness (QED) is 0.238. The van der Waals surface area contributed by atoms with Gasteiger partial charge in [-0.05, 0) is 13.3 Å². The summed E-state index contributed by atoms with van der Waals surface area (Å²) in [6.45, 7) is 3.56. The number of aliphatic carboxylic acids is 1. The Hall–Kier alpha value is -0.650. The average molecular weight is 389 g/mol. The molecular formula is C22H44O5. The summed E-state index contributed by atoms with van der Waals surface area (Å²) in [4.78, 5) is 10.8. The molecule has 0 heterocycles. The van der Waals surface area contributed by atoms with Crippen molar-refractivity contribution in [2.45, 2.75) is 134 Å². The van der Waals surface area contributed by atoms with Crippen molar-refractivity contribution in [3.05, 3.63) is 0 Å². The number of hydrogen-bond acceptors (Lipinski definition) is 4. The first-order chi connectivity index (χ1) is 12.8. The van der Waals surface area contributed by atoms with Crippen molar-refractivity contribution in [2.75, 3.05) is 0 Å². The lowest BCUT2D eigenvalue weighted by atomic mass is 9.85. The Morgan fingerprint density at radius 2 is 1.15 bits per heavy atom. The molecule has 0 aromatic rings. The largest absolute Gasteiger partial charge is 0.481 e. The number of hydrogen-bond donors (Lipinski definition) is 4. The van der Waals surface area contributed by atoms with Gasteiger partial charge in [-0.3, -0.25) is 4.79 Å². The summed E-state index contributed by atoms with van der Waals surface area (Å²) in [5, 5.41) is 38.8. The molecule has 0 aliphatic carbocycles. The van der Waals surface area contributed by atoms with Gasteiger partial charge in [0.05, 0.1) is 18.6 Å². The molecule has 0 spiro atoms. The molecule has 0 bridgehead atoms. The maximum Gasteiger partial charge on any atom is 0.306 e. The lowest BCUT2D eigenvalue weighted by Gasteiger charge is -2.34. The average Bonchev–Trinajstić information content (AvgIpc) is 2.60. The highest BCUT2D eigenvalue weighted by molar-refractivity contribution is 5.68. The Labute approximate surface area is 166 Å². The van der Waals surface area contributed by atoms with E-state index in [0.29, 0.717) is 6.42 Å². The van der Waals surface area contributed by atoms with Crippen molar-refractivity contribution < 1.29 is 25.2 Å². The summed E-state index contributed by atoms with van der Waals surface area (Å²) in [5.41, 5.74) is -1.97. The van der Waals surface area contributed by atoms with Gasteiger partial charge < -0.3 is 20.4 Å². The predicted octanol–water partition coefficient (Wildman–Crippen LogP) is 4.81. The Balaban J connectivity index is 3.59. The number of aliphatic hydroxyl groups is 3. The van der Waals surface area contributed by atoms with E-state index in [4.69, 9.17) is 5.11 Å². The van der Waals surface area contributed by atoms with Crippen molar-refractivity contribution in [1.29, 1.82) is 0 Å². The van der Waals surface area contributed by atoms with Crippen LogP contribution in [-0.4, -0.2) is 44.2 Å². The van der Waals surface area contributed by atoms with Crippen LogP contribution >= 0.6 is 0 Å². The van der Waals surface area contributed by atoms with Gasteiger partial charge in [0.25, 0.3) is 0 Å². The molecule has 162 valence electrons. The van der Waals surface area contributed by atoms with Gasteiger partial charge in [-0.1, -0.05) is 96.8 Å². The molecular weight excluding hydrogens is 344 g/mol. The third kappa shape index (κ3) is 13.2. The lowest BCUT2D eigenvalue weighted by molar-refractivity contribution is -0.168. The smallest absolute Gasteiger partial charge is 0.306 e. The number of rotatable bonds is 19. The van der Waals surface area contributed by atoms with Gasteiger partial charge >= 0.3 is 5.97 Å². The molecule has 5 heteroatoms. The maximum absolute atomic E-state index is 10.8. The Morgan fingerprint density at radius 1 is 0.778 bits per heavy atom. The topological polar surface area (TPSA) is 98.0 Å². The van der Waals surface area contributed by atoms with Crippen LogP contribution in [0.1, 0.15) is 117 Å². The SMILES string of the molecule is CCCCCCCCCCCCCCCCC(O)C(O)(CC(=O)O)C(C)O. The standard InChI is InChI=1S/C22H44O5/c1-3-4-5-6-7-8-9-10-11-12-13-14-15-16-17-20(24)22(27,19(2)23)18-21(25)26/h19-20,23-24,27H,3-18H2,1-2H3,(H,25,26). The fourth-order valence-corrected chi connectivity index (χ4v) is 3.57. The first kappa shape index (κ1) is 26.4. The van der Waals surface area contributed by atoms with Gasteiger partial charge in [0.1, 0.15) is 5.60 Å². The Bertz CT molecular complexity index is 359. The van der Waals surface area contributed by atoms with Crippen molar-refractivity contribution in [1.82, 2.24) is 0 Å². The van der Waals surface area contributed by atoms with Gasteiger partial charge in [-0.15, -0.1) is 0 Å². The van der Waals surface area contributed by atoms with Gasteiger partial charge in [0, 0.05) is 0 Å². The fourth-order valence-electron chi connectivity index (χ4n) is 3.57. The molecule has 0 fully saturated rings. The molecule has 0 rings (SSSR count).